The number of aliphatic carboxylic acids is 1. The minimum absolute atomic E-state index is 0.0630. The molecule has 9 heteroatoms. The molecule has 0 fully saturated rings. The third-order valence-corrected chi connectivity index (χ3v) is 24.7. The molecule has 5 heterocycles. The zero-order valence-corrected chi connectivity index (χ0v) is 59.6. The van der Waals surface area contributed by atoms with Crippen molar-refractivity contribution in [1.29, 1.82) is 5.26 Å². The van der Waals surface area contributed by atoms with Gasteiger partial charge >= 0.3 is 318 Å². The van der Waals surface area contributed by atoms with Gasteiger partial charge in [0.1, 0.15) is 0 Å². The number of thiophene rings is 2. The van der Waals surface area contributed by atoms with Crippen molar-refractivity contribution in [3.05, 3.63) is 204 Å². The van der Waals surface area contributed by atoms with E-state index < -0.39 is 5.97 Å². The predicted octanol–water partition coefficient (Wildman–Crippen LogP) is 25.8. The number of aromatic nitrogens is 2. The van der Waals surface area contributed by atoms with Gasteiger partial charge in [-0.2, -0.15) is 0 Å². The SMILES string of the molecule is CCCCCCCCn1c2ccccc2c2cc(-c3ccc(N(c4ccc(-c5ccc6c(c5)c5ccccc5n6CCCCCCCC)cc4)c4ccc(-c5sc(-c6ccc(-c7cc(CCCCCC)c(/C=C(\C#N)C(=O)O)s7)[se]6)cc5CCCCCC)cc4)cc3)ccc21. The Morgan fingerprint density at radius 3 is 1.32 bits per heavy atom. The second-order valence-corrected chi connectivity index (χ2v) is 30.4. The molecule has 12 rings (SSSR count). The molecule has 7 aromatic carbocycles. The van der Waals surface area contributed by atoms with Gasteiger partial charge in [0.2, 0.25) is 0 Å². The molecule has 0 aliphatic rings. The number of hydrogen-bond acceptors (Lipinski definition) is 5. The molecular formula is C86H92N4O2S2Se. The Hall–Kier alpha value is -7.96. The minimum atomic E-state index is -1.18. The molecule has 12 aromatic rings. The number of nitriles is 1. The molecule has 0 spiro atoms. The van der Waals surface area contributed by atoms with Gasteiger partial charge < -0.3 is 9.13 Å². The van der Waals surface area contributed by atoms with Crippen LogP contribution in [0.25, 0.3) is 101 Å². The quantitative estimate of drug-likeness (QED) is 0.0189. The second kappa shape index (κ2) is 32.7. The number of hydrogen-bond donors (Lipinski definition) is 1. The van der Waals surface area contributed by atoms with Crippen LogP contribution in [0.15, 0.2) is 188 Å². The van der Waals surface area contributed by atoms with Crippen LogP contribution in [-0.2, 0) is 30.7 Å². The van der Waals surface area contributed by atoms with Gasteiger partial charge in [0.05, 0.1) is 0 Å². The van der Waals surface area contributed by atoms with E-state index in [2.05, 4.69) is 224 Å². The summed E-state index contributed by atoms with van der Waals surface area (Å²) in [6.07, 6.45) is 28.2. The molecule has 0 atom stereocenters. The van der Waals surface area contributed by atoms with E-state index in [9.17, 15) is 15.2 Å². The van der Waals surface area contributed by atoms with Crippen molar-refractivity contribution in [3.8, 4) is 57.4 Å². The summed E-state index contributed by atoms with van der Waals surface area (Å²) in [6, 6.07) is 71.2. The zero-order chi connectivity index (χ0) is 65.5. The van der Waals surface area contributed by atoms with E-state index >= 15 is 0 Å². The molecule has 0 unspecified atom stereocenters. The van der Waals surface area contributed by atoms with E-state index in [1.54, 1.807) is 17.4 Å². The van der Waals surface area contributed by atoms with Crippen LogP contribution in [0.5, 0.6) is 0 Å². The van der Waals surface area contributed by atoms with Crippen LogP contribution in [0.3, 0.4) is 0 Å². The second-order valence-electron chi connectivity index (χ2n) is 26.0. The van der Waals surface area contributed by atoms with Crippen molar-refractivity contribution >= 4 is 110 Å². The number of anilines is 3. The molecule has 0 saturated carbocycles. The van der Waals surface area contributed by atoms with Gasteiger partial charge in [0, 0.05) is 56.7 Å². The number of carboxylic acids is 1. The van der Waals surface area contributed by atoms with Crippen LogP contribution in [0.1, 0.15) is 172 Å². The number of fused-ring (bicyclic) bond motifs is 6. The molecule has 0 saturated heterocycles. The Morgan fingerprint density at radius 2 is 0.842 bits per heavy atom. The number of carboxylic acid groups (broad SMARTS) is 1. The van der Waals surface area contributed by atoms with Crippen molar-refractivity contribution in [2.24, 2.45) is 0 Å². The summed E-state index contributed by atoms with van der Waals surface area (Å²) >= 11 is 3.62. The van der Waals surface area contributed by atoms with E-state index in [4.69, 9.17) is 0 Å². The maximum atomic E-state index is 12.0. The summed E-state index contributed by atoms with van der Waals surface area (Å²) in [5.41, 5.74) is 17.0. The van der Waals surface area contributed by atoms with Gasteiger partial charge in [-0.25, -0.2) is 0 Å². The van der Waals surface area contributed by atoms with E-state index in [0.29, 0.717) is 0 Å². The first-order chi connectivity index (χ1) is 46.7. The normalized spacial score (nSPS) is 11.9. The Morgan fingerprint density at radius 1 is 0.442 bits per heavy atom. The summed E-state index contributed by atoms with van der Waals surface area (Å²) in [6.45, 7) is 11.2. The van der Waals surface area contributed by atoms with Gasteiger partial charge in [-0.3, -0.25) is 0 Å². The van der Waals surface area contributed by atoms with Gasteiger partial charge in [-0.1, -0.05) is 127 Å². The van der Waals surface area contributed by atoms with Crippen molar-refractivity contribution in [1.82, 2.24) is 9.13 Å². The van der Waals surface area contributed by atoms with Crippen LogP contribution < -0.4 is 4.90 Å². The van der Waals surface area contributed by atoms with Gasteiger partial charge in [-0.05, 0) is 71.5 Å². The summed E-state index contributed by atoms with van der Waals surface area (Å²) in [7, 11) is 0. The Kier molecular flexibility index (Phi) is 23.0. The predicted molar refractivity (Wildman–Crippen MR) is 411 cm³/mol. The maximum absolute atomic E-state index is 12.0. The Balaban J connectivity index is 0.870. The van der Waals surface area contributed by atoms with Gasteiger partial charge in [-0.15, -0.1) is 0 Å². The van der Waals surface area contributed by atoms with E-state index in [1.807, 2.05) is 17.4 Å². The molecular weight excluding hydrogens is 1260 g/mol. The van der Waals surface area contributed by atoms with Crippen LogP contribution in [0, 0.1) is 11.3 Å². The van der Waals surface area contributed by atoms with Crippen molar-refractivity contribution in [2.75, 3.05) is 4.90 Å². The van der Waals surface area contributed by atoms with Crippen molar-refractivity contribution in [2.45, 2.75) is 182 Å². The number of para-hydroxylation sites is 2. The van der Waals surface area contributed by atoms with E-state index in [0.717, 1.165) is 79.1 Å². The number of benzene rings is 7. The molecule has 0 radical (unpaired) electrons. The van der Waals surface area contributed by atoms with Crippen LogP contribution in [0.4, 0.5) is 17.1 Å². The molecule has 95 heavy (non-hydrogen) atoms. The Labute approximate surface area is 578 Å². The van der Waals surface area contributed by atoms with Gasteiger partial charge in [0.15, 0.2) is 0 Å². The number of rotatable bonds is 34. The standard InChI is InChI=1S/C86H92N4O2S2Se/c1-5-9-13-17-19-27-53-88-76-33-25-23-31-72(76)74-55-64(41-49-78(74)88)61-35-43-69(44-36-61)90(70-45-37-62(38-46-70)65-42-50-79-75(56-65)73-32-24-26-34-77(73)89(79)54-28-20-18-14-10-6-2)71-47-39-63(40-48-71)85-67(30-22-16-12-8-4)58-82(94-85)84-52-51-83(95-84)81-57-66(29-21-15-11-7-3)80(93-81)59-68(60-87)86(91)92/h23-26,31-52,55-59H,5-22,27-30,53-54H2,1-4H3,(H,91,92)/b68-59+. The topological polar surface area (TPSA) is 74.2 Å². The van der Waals surface area contributed by atoms with Gasteiger partial charge in [0.25, 0.3) is 0 Å². The molecule has 1 N–H and O–H groups in total. The van der Waals surface area contributed by atoms with Crippen molar-refractivity contribution in [3.63, 3.8) is 0 Å². The van der Waals surface area contributed by atoms with E-state index in [1.165, 1.54) is 203 Å². The number of unbranched alkanes of at least 4 members (excludes halogenated alkanes) is 16. The number of carbonyl (C=O) groups is 1. The molecule has 0 aliphatic carbocycles. The van der Waals surface area contributed by atoms with Crippen LogP contribution in [-0.4, -0.2) is 34.7 Å². The summed E-state index contributed by atoms with van der Waals surface area (Å²) < 4.78 is 7.79. The smallest absolute Gasteiger partial charge is 0.0523 e. The molecule has 0 aliphatic heterocycles. The molecule has 0 bridgehead atoms. The molecule has 5 aromatic heterocycles. The third-order valence-electron chi connectivity index (χ3n) is 19.3. The monoisotopic (exact) mass is 1360 g/mol. The first-order valence-corrected chi connectivity index (χ1v) is 38.9. The molecule has 486 valence electrons. The average Bonchev–Trinajstić information content (AvgIpc) is 1.64. The molecule has 0 amide bonds. The van der Waals surface area contributed by atoms with Crippen molar-refractivity contribution < 1.29 is 9.90 Å². The summed E-state index contributed by atoms with van der Waals surface area (Å²) in [5, 5.41) is 24.8. The minimum Gasteiger partial charge on any atom is -0.0523 e. The molecule has 6 nitrogen and oxygen atoms in total. The van der Waals surface area contributed by atoms with E-state index in [-0.39, 0.29) is 20.1 Å². The Bertz CT molecular complexity index is 4420. The number of aryl methyl sites for hydroxylation is 4. The fourth-order valence-corrected chi connectivity index (χ4v) is 19.0. The van der Waals surface area contributed by atoms with Crippen LogP contribution in [0.2, 0.25) is 0 Å². The zero-order valence-electron chi connectivity index (χ0n) is 56.2. The first-order valence-electron chi connectivity index (χ1n) is 35.6. The fourth-order valence-electron chi connectivity index (χ4n) is 14.1. The van der Waals surface area contributed by atoms with Crippen LogP contribution >= 0.6 is 22.7 Å². The average molecular weight is 1360 g/mol. The first kappa shape index (κ1) is 67.0. The summed E-state index contributed by atoms with van der Waals surface area (Å²) in [4.78, 5) is 19.1. The number of nitrogens with zero attached hydrogens (tertiary/aromatic N) is 4. The summed E-state index contributed by atoms with van der Waals surface area (Å²) in [5.74, 6) is -1.18. The fraction of sp³-hybridized carbons (Fsp3) is 0.326. The third kappa shape index (κ3) is 15.7.